The first-order valence-corrected chi connectivity index (χ1v) is 7.67. The highest BCUT2D eigenvalue weighted by Gasteiger charge is 2.34. The number of carbonyl (C=O) groups excluding carboxylic acids is 3. The molecule has 0 bridgehead atoms. The second-order valence-corrected chi connectivity index (χ2v) is 5.58. The predicted octanol–water partition coefficient (Wildman–Crippen LogP) is 2.98. The molecule has 0 spiro atoms. The van der Waals surface area contributed by atoms with Crippen molar-refractivity contribution in [3.63, 3.8) is 0 Å². The van der Waals surface area contributed by atoms with Crippen molar-refractivity contribution in [2.45, 2.75) is 12.8 Å². The van der Waals surface area contributed by atoms with Gasteiger partial charge < -0.3 is 5.32 Å². The van der Waals surface area contributed by atoms with Crippen molar-refractivity contribution < 1.29 is 23.2 Å². The summed E-state index contributed by atoms with van der Waals surface area (Å²) in [7, 11) is 0. The van der Waals surface area contributed by atoms with Crippen LogP contribution in [-0.4, -0.2) is 29.2 Å². The van der Waals surface area contributed by atoms with Gasteiger partial charge in [0.1, 0.15) is 11.6 Å². The van der Waals surface area contributed by atoms with Crippen LogP contribution in [0, 0.1) is 11.6 Å². The van der Waals surface area contributed by atoms with E-state index >= 15 is 0 Å². The molecule has 0 atom stereocenters. The Morgan fingerprint density at radius 2 is 1.64 bits per heavy atom. The van der Waals surface area contributed by atoms with Crippen LogP contribution in [0.25, 0.3) is 0 Å². The smallest absolute Gasteiger partial charge is 0.261 e. The standard InChI is InChI=1S/C18H14F2N2O3/c19-11-7-8-14(20)15(10-11)21-16(23)6-3-9-22-17(24)12-4-1-2-5-13(12)18(22)25/h1-2,4-5,7-8,10H,3,6,9H2,(H,21,23). The van der Waals surface area contributed by atoms with Gasteiger partial charge in [-0.25, -0.2) is 8.78 Å². The van der Waals surface area contributed by atoms with Crippen LogP contribution in [-0.2, 0) is 4.79 Å². The van der Waals surface area contributed by atoms with Crippen LogP contribution < -0.4 is 5.32 Å². The largest absolute Gasteiger partial charge is 0.324 e. The zero-order chi connectivity index (χ0) is 18.0. The fourth-order valence-electron chi connectivity index (χ4n) is 2.65. The number of nitrogens with one attached hydrogen (secondary N) is 1. The van der Waals surface area contributed by atoms with Crippen LogP contribution in [0.2, 0.25) is 0 Å². The highest BCUT2D eigenvalue weighted by molar-refractivity contribution is 6.21. The van der Waals surface area contributed by atoms with Crippen LogP contribution in [0.15, 0.2) is 42.5 Å². The number of benzene rings is 2. The number of nitrogens with zero attached hydrogens (tertiary/aromatic N) is 1. The molecule has 0 aromatic heterocycles. The topological polar surface area (TPSA) is 66.5 Å². The number of rotatable bonds is 5. The molecule has 0 aliphatic carbocycles. The van der Waals surface area contributed by atoms with Gasteiger partial charge in [0.15, 0.2) is 0 Å². The Hall–Kier alpha value is -3.09. The number of anilines is 1. The van der Waals surface area contributed by atoms with Crippen molar-refractivity contribution in [3.05, 3.63) is 65.2 Å². The Kier molecular flexibility index (Phi) is 4.56. The summed E-state index contributed by atoms with van der Waals surface area (Å²) in [5.74, 6) is -2.71. The molecule has 0 unspecified atom stereocenters. The number of carbonyl (C=O) groups is 3. The van der Waals surface area contributed by atoms with Gasteiger partial charge >= 0.3 is 0 Å². The van der Waals surface area contributed by atoms with Gasteiger partial charge in [-0.2, -0.15) is 0 Å². The molecule has 0 fully saturated rings. The van der Waals surface area contributed by atoms with Gasteiger partial charge in [-0.3, -0.25) is 19.3 Å². The maximum Gasteiger partial charge on any atom is 0.261 e. The number of fused-ring (bicyclic) bond motifs is 1. The molecule has 1 N–H and O–H groups in total. The third-order valence-corrected chi connectivity index (χ3v) is 3.87. The molecule has 2 aromatic rings. The predicted molar refractivity (Wildman–Crippen MR) is 86.0 cm³/mol. The van der Waals surface area contributed by atoms with E-state index in [0.29, 0.717) is 11.1 Å². The third kappa shape index (κ3) is 3.40. The lowest BCUT2D eigenvalue weighted by atomic mass is 10.1. The molecule has 2 aromatic carbocycles. The number of imide groups is 1. The minimum absolute atomic E-state index is 0.0383. The summed E-state index contributed by atoms with van der Waals surface area (Å²) in [5, 5.41) is 2.27. The molecule has 0 saturated heterocycles. The first-order chi connectivity index (χ1) is 12.0. The van der Waals surface area contributed by atoms with Gasteiger partial charge in [-0.1, -0.05) is 12.1 Å². The van der Waals surface area contributed by atoms with Gasteiger partial charge in [0.05, 0.1) is 16.8 Å². The minimum atomic E-state index is -0.741. The second kappa shape index (κ2) is 6.80. The van der Waals surface area contributed by atoms with E-state index in [-0.39, 0.29) is 25.1 Å². The lowest BCUT2D eigenvalue weighted by Crippen LogP contribution is -2.31. The molecule has 3 rings (SSSR count). The number of hydrogen-bond acceptors (Lipinski definition) is 3. The molecule has 1 aliphatic heterocycles. The molecule has 0 radical (unpaired) electrons. The Labute approximate surface area is 142 Å². The zero-order valence-corrected chi connectivity index (χ0v) is 13.1. The number of amides is 3. The molecular formula is C18H14F2N2O3. The first-order valence-electron chi connectivity index (χ1n) is 7.67. The summed E-state index contributed by atoms with van der Waals surface area (Å²) in [6, 6.07) is 9.27. The SMILES string of the molecule is O=C(CCCN1C(=O)c2ccccc2C1=O)Nc1cc(F)ccc1F. The van der Waals surface area contributed by atoms with Crippen molar-refractivity contribution >= 4 is 23.4 Å². The molecule has 25 heavy (non-hydrogen) atoms. The quantitative estimate of drug-likeness (QED) is 0.848. The monoisotopic (exact) mass is 344 g/mol. The zero-order valence-electron chi connectivity index (χ0n) is 13.1. The Morgan fingerprint density at radius 3 is 2.28 bits per heavy atom. The van der Waals surface area contributed by atoms with Gasteiger partial charge in [0, 0.05) is 19.0 Å². The summed E-state index contributed by atoms with van der Waals surface area (Å²) in [4.78, 5) is 37.3. The third-order valence-electron chi connectivity index (χ3n) is 3.87. The summed E-state index contributed by atoms with van der Waals surface area (Å²) in [6.07, 6.45) is 0.178. The van der Waals surface area contributed by atoms with E-state index in [1.165, 1.54) is 0 Å². The first kappa shape index (κ1) is 16.8. The Bertz CT molecular complexity index is 832. The molecule has 1 heterocycles. The van der Waals surface area contributed by atoms with E-state index in [4.69, 9.17) is 0 Å². The molecular weight excluding hydrogens is 330 g/mol. The number of hydrogen-bond donors (Lipinski definition) is 1. The number of halogens is 2. The van der Waals surface area contributed by atoms with Crippen molar-refractivity contribution in [1.82, 2.24) is 4.90 Å². The van der Waals surface area contributed by atoms with E-state index in [1.54, 1.807) is 24.3 Å². The van der Waals surface area contributed by atoms with Gasteiger partial charge in [-0.15, -0.1) is 0 Å². The lowest BCUT2D eigenvalue weighted by Gasteiger charge is -2.13. The van der Waals surface area contributed by atoms with Gasteiger partial charge in [-0.05, 0) is 30.7 Å². The minimum Gasteiger partial charge on any atom is -0.324 e. The van der Waals surface area contributed by atoms with Crippen LogP contribution in [0.3, 0.4) is 0 Å². The average Bonchev–Trinajstić information content (AvgIpc) is 2.83. The lowest BCUT2D eigenvalue weighted by molar-refractivity contribution is -0.116. The van der Waals surface area contributed by atoms with Gasteiger partial charge in [0.25, 0.3) is 11.8 Å². The fraction of sp³-hybridized carbons (Fsp3) is 0.167. The molecule has 7 heteroatoms. The average molecular weight is 344 g/mol. The van der Waals surface area contributed by atoms with Crippen molar-refractivity contribution in [3.8, 4) is 0 Å². The highest BCUT2D eigenvalue weighted by atomic mass is 19.1. The maximum atomic E-state index is 13.5. The maximum absolute atomic E-state index is 13.5. The van der Waals surface area contributed by atoms with Crippen LogP contribution in [0.1, 0.15) is 33.6 Å². The van der Waals surface area contributed by atoms with Crippen molar-refractivity contribution in [2.24, 2.45) is 0 Å². The van der Waals surface area contributed by atoms with Crippen LogP contribution >= 0.6 is 0 Å². The van der Waals surface area contributed by atoms with E-state index in [2.05, 4.69) is 5.32 Å². The normalized spacial score (nSPS) is 13.1. The molecule has 128 valence electrons. The highest BCUT2D eigenvalue weighted by Crippen LogP contribution is 2.22. The van der Waals surface area contributed by atoms with Gasteiger partial charge in [0.2, 0.25) is 5.91 Å². The summed E-state index contributed by atoms with van der Waals surface area (Å²) < 4.78 is 26.5. The van der Waals surface area contributed by atoms with Crippen LogP contribution in [0.5, 0.6) is 0 Å². The summed E-state index contributed by atoms with van der Waals surface area (Å²) >= 11 is 0. The van der Waals surface area contributed by atoms with Crippen molar-refractivity contribution in [2.75, 3.05) is 11.9 Å². The molecule has 0 saturated carbocycles. The van der Waals surface area contributed by atoms with E-state index in [9.17, 15) is 23.2 Å². The summed E-state index contributed by atoms with van der Waals surface area (Å²) in [5.41, 5.74) is 0.447. The van der Waals surface area contributed by atoms with Crippen molar-refractivity contribution in [1.29, 1.82) is 0 Å². The Balaban J connectivity index is 1.55. The Morgan fingerprint density at radius 1 is 1.00 bits per heavy atom. The van der Waals surface area contributed by atoms with E-state index in [1.807, 2.05) is 0 Å². The van der Waals surface area contributed by atoms with E-state index < -0.39 is 29.4 Å². The summed E-state index contributed by atoms with van der Waals surface area (Å²) in [6.45, 7) is 0.0748. The van der Waals surface area contributed by atoms with Crippen LogP contribution in [0.4, 0.5) is 14.5 Å². The molecule has 1 aliphatic rings. The fourth-order valence-corrected chi connectivity index (χ4v) is 2.65. The molecule has 3 amide bonds. The van der Waals surface area contributed by atoms with E-state index in [0.717, 1.165) is 23.1 Å². The second-order valence-electron chi connectivity index (χ2n) is 5.58. The molecule has 5 nitrogen and oxygen atoms in total.